The molecule has 2 rings (SSSR count). The second-order valence-corrected chi connectivity index (χ2v) is 4.54. The van der Waals surface area contributed by atoms with E-state index < -0.39 is 0 Å². The van der Waals surface area contributed by atoms with E-state index in [1.165, 1.54) is 0 Å². The van der Waals surface area contributed by atoms with E-state index in [1.54, 1.807) is 0 Å². The number of nitrogens with one attached hydrogen (secondary N) is 3. The summed E-state index contributed by atoms with van der Waals surface area (Å²) in [6, 6.07) is 9.93. The molecule has 116 valence electrons. The molecule has 7 heteroatoms. The predicted octanol–water partition coefficient (Wildman–Crippen LogP) is 2.57. The van der Waals surface area contributed by atoms with E-state index in [9.17, 15) is 0 Å². The summed E-state index contributed by atoms with van der Waals surface area (Å²) >= 11 is 0. The third kappa shape index (κ3) is 4.41. The fourth-order valence-corrected chi connectivity index (χ4v) is 1.78. The number of aromatic nitrogens is 3. The van der Waals surface area contributed by atoms with Gasteiger partial charge in [-0.1, -0.05) is 30.3 Å². The van der Waals surface area contributed by atoms with Gasteiger partial charge in [-0.15, -0.1) is 0 Å². The van der Waals surface area contributed by atoms with Crippen LogP contribution in [-0.2, 0) is 0 Å². The second kappa shape index (κ2) is 7.92. The van der Waals surface area contributed by atoms with Gasteiger partial charge in [-0.05, 0) is 26.3 Å². The first-order valence-electron chi connectivity index (χ1n) is 7.32. The average molecular weight is 299 g/mol. The molecule has 22 heavy (non-hydrogen) atoms. The van der Waals surface area contributed by atoms with Gasteiger partial charge >= 0.3 is 0 Å². The van der Waals surface area contributed by atoms with Crippen molar-refractivity contribution >= 4 is 23.6 Å². The zero-order valence-electron chi connectivity index (χ0n) is 13.1. The molecule has 0 amide bonds. The van der Waals surface area contributed by atoms with Crippen LogP contribution in [-0.4, -0.2) is 33.8 Å². The lowest BCUT2D eigenvalue weighted by atomic mass is 10.1. The summed E-state index contributed by atoms with van der Waals surface area (Å²) in [6.45, 7) is 7.38. The molecule has 0 spiro atoms. The van der Waals surface area contributed by atoms with Crippen molar-refractivity contribution in [1.82, 2.24) is 15.0 Å². The van der Waals surface area contributed by atoms with Crippen molar-refractivity contribution in [3.63, 3.8) is 0 Å². The number of hydrazone groups is 1. The van der Waals surface area contributed by atoms with Gasteiger partial charge in [0.1, 0.15) is 0 Å². The molecular weight excluding hydrogens is 278 g/mol. The Bertz CT molecular complexity index is 601. The molecule has 3 N–H and O–H groups in total. The molecule has 1 aromatic heterocycles. The Hall–Kier alpha value is -2.70. The molecule has 0 radical (unpaired) electrons. The van der Waals surface area contributed by atoms with E-state index in [2.05, 4.69) is 36.1 Å². The Morgan fingerprint density at radius 3 is 2.00 bits per heavy atom. The molecule has 0 aliphatic heterocycles. The fourth-order valence-electron chi connectivity index (χ4n) is 1.78. The average Bonchev–Trinajstić information content (AvgIpc) is 2.54. The van der Waals surface area contributed by atoms with E-state index >= 15 is 0 Å². The van der Waals surface area contributed by atoms with E-state index in [0.29, 0.717) is 17.8 Å². The normalized spacial score (nSPS) is 11.1. The van der Waals surface area contributed by atoms with Gasteiger partial charge in [0.15, 0.2) is 0 Å². The Labute approximate surface area is 130 Å². The van der Waals surface area contributed by atoms with Crippen molar-refractivity contribution in [1.29, 1.82) is 0 Å². The summed E-state index contributed by atoms with van der Waals surface area (Å²) in [7, 11) is 0. The predicted molar refractivity (Wildman–Crippen MR) is 90.4 cm³/mol. The maximum atomic E-state index is 4.33. The first-order chi connectivity index (χ1) is 10.7. The van der Waals surface area contributed by atoms with Gasteiger partial charge in [-0.25, -0.2) is 5.43 Å². The van der Waals surface area contributed by atoms with Crippen LogP contribution in [0.15, 0.2) is 35.4 Å². The Kier molecular flexibility index (Phi) is 5.65. The van der Waals surface area contributed by atoms with Crippen LogP contribution in [0.4, 0.5) is 17.8 Å². The van der Waals surface area contributed by atoms with Gasteiger partial charge in [0.2, 0.25) is 17.8 Å². The van der Waals surface area contributed by atoms with Crippen LogP contribution in [0.25, 0.3) is 0 Å². The summed E-state index contributed by atoms with van der Waals surface area (Å²) in [5.41, 5.74) is 4.79. The highest BCUT2D eigenvalue weighted by Crippen LogP contribution is 2.09. The number of hydrogen-bond acceptors (Lipinski definition) is 7. The van der Waals surface area contributed by atoms with Crippen LogP contribution in [0, 0.1) is 0 Å². The zero-order chi connectivity index (χ0) is 15.8. The number of benzene rings is 1. The molecule has 2 aromatic rings. The zero-order valence-corrected chi connectivity index (χ0v) is 13.1. The Morgan fingerprint density at radius 2 is 1.45 bits per heavy atom. The van der Waals surface area contributed by atoms with E-state index in [-0.39, 0.29) is 0 Å². The Morgan fingerprint density at radius 1 is 0.909 bits per heavy atom. The highest BCUT2D eigenvalue weighted by Gasteiger charge is 2.05. The topological polar surface area (TPSA) is 87.1 Å². The van der Waals surface area contributed by atoms with E-state index in [1.807, 2.05) is 51.1 Å². The van der Waals surface area contributed by atoms with Gasteiger partial charge in [0, 0.05) is 13.1 Å². The third-order valence-corrected chi connectivity index (χ3v) is 2.82. The minimum atomic E-state index is 0.400. The number of hydrogen-bond donors (Lipinski definition) is 3. The van der Waals surface area contributed by atoms with E-state index in [0.717, 1.165) is 24.4 Å². The molecule has 0 fully saturated rings. The van der Waals surface area contributed by atoms with Crippen LogP contribution in [0.5, 0.6) is 0 Å². The van der Waals surface area contributed by atoms with Crippen molar-refractivity contribution in [2.45, 2.75) is 20.8 Å². The largest absolute Gasteiger partial charge is 0.354 e. The molecule has 0 saturated heterocycles. The fraction of sp³-hybridized carbons (Fsp3) is 0.333. The molecule has 1 heterocycles. The van der Waals surface area contributed by atoms with Gasteiger partial charge in [0.25, 0.3) is 0 Å². The van der Waals surface area contributed by atoms with Crippen molar-refractivity contribution in [2.24, 2.45) is 5.10 Å². The lowest BCUT2D eigenvalue weighted by molar-refractivity contribution is 0.991. The number of nitrogens with zero attached hydrogens (tertiary/aromatic N) is 4. The summed E-state index contributed by atoms with van der Waals surface area (Å²) in [5.74, 6) is 1.43. The van der Waals surface area contributed by atoms with Crippen LogP contribution < -0.4 is 16.1 Å². The minimum Gasteiger partial charge on any atom is -0.354 e. The van der Waals surface area contributed by atoms with Gasteiger partial charge in [-0.3, -0.25) is 0 Å². The highest BCUT2D eigenvalue weighted by molar-refractivity contribution is 5.98. The van der Waals surface area contributed by atoms with Gasteiger partial charge < -0.3 is 10.6 Å². The number of rotatable bonds is 7. The SMILES string of the molecule is CCNc1nc(NCC)nc(N/N=C(\C)c2ccccc2)n1. The van der Waals surface area contributed by atoms with Gasteiger partial charge in [-0.2, -0.15) is 20.1 Å². The smallest absolute Gasteiger partial charge is 0.250 e. The van der Waals surface area contributed by atoms with Crippen molar-refractivity contribution in [2.75, 3.05) is 29.1 Å². The molecular formula is C15H21N7. The molecule has 1 aromatic carbocycles. The second-order valence-electron chi connectivity index (χ2n) is 4.54. The quantitative estimate of drug-likeness (QED) is 0.538. The maximum Gasteiger partial charge on any atom is 0.250 e. The third-order valence-electron chi connectivity index (χ3n) is 2.82. The monoisotopic (exact) mass is 299 g/mol. The van der Waals surface area contributed by atoms with Crippen molar-refractivity contribution in [3.05, 3.63) is 35.9 Å². The summed E-state index contributed by atoms with van der Waals surface area (Å²) in [4.78, 5) is 12.8. The summed E-state index contributed by atoms with van der Waals surface area (Å²) in [5, 5.41) is 10.5. The summed E-state index contributed by atoms with van der Waals surface area (Å²) in [6.07, 6.45) is 0. The minimum absolute atomic E-state index is 0.400. The summed E-state index contributed by atoms with van der Waals surface area (Å²) < 4.78 is 0. The molecule has 0 unspecified atom stereocenters. The van der Waals surface area contributed by atoms with Gasteiger partial charge in [0.05, 0.1) is 5.71 Å². The molecule has 7 nitrogen and oxygen atoms in total. The van der Waals surface area contributed by atoms with E-state index in [4.69, 9.17) is 0 Å². The van der Waals surface area contributed by atoms with Crippen LogP contribution in [0.3, 0.4) is 0 Å². The molecule has 0 bridgehead atoms. The first kappa shape index (κ1) is 15.7. The van der Waals surface area contributed by atoms with Crippen LogP contribution >= 0.6 is 0 Å². The van der Waals surface area contributed by atoms with Crippen molar-refractivity contribution in [3.8, 4) is 0 Å². The molecule has 0 saturated carbocycles. The number of anilines is 3. The molecule has 0 aliphatic rings. The van der Waals surface area contributed by atoms with Crippen molar-refractivity contribution < 1.29 is 0 Å². The first-order valence-corrected chi connectivity index (χ1v) is 7.32. The molecule has 0 atom stereocenters. The lowest BCUT2D eigenvalue weighted by Gasteiger charge is -2.08. The lowest BCUT2D eigenvalue weighted by Crippen LogP contribution is -2.11. The Balaban J connectivity index is 2.17. The van der Waals surface area contributed by atoms with Crippen LogP contribution in [0.2, 0.25) is 0 Å². The standard InChI is InChI=1S/C15H21N7/c1-4-16-13-18-14(17-5-2)20-15(19-13)22-21-11(3)12-9-7-6-8-10-12/h6-10H,4-5H2,1-3H3,(H3,16,17,18,19,20,22)/b21-11+. The maximum absolute atomic E-state index is 4.33. The van der Waals surface area contributed by atoms with Crippen LogP contribution in [0.1, 0.15) is 26.3 Å². The highest BCUT2D eigenvalue weighted by atomic mass is 15.4. The molecule has 0 aliphatic carbocycles.